The molecule has 0 saturated heterocycles. The van der Waals surface area contributed by atoms with Crippen LogP contribution in [0.15, 0.2) is 48.5 Å². The lowest BCUT2D eigenvalue weighted by molar-refractivity contribution is -0.128. The fourth-order valence-corrected chi connectivity index (χ4v) is 3.53. The number of anilines is 1. The highest BCUT2D eigenvalue weighted by Crippen LogP contribution is 2.22. The second-order valence-corrected chi connectivity index (χ2v) is 9.19. The van der Waals surface area contributed by atoms with Crippen molar-refractivity contribution >= 4 is 21.6 Å². The van der Waals surface area contributed by atoms with Crippen molar-refractivity contribution in [1.82, 2.24) is 5.32 Å². The Morgan fingerprint density at radius 2 is 1.77 bits per heavy atom. The summed E-state index contributed by atoms with van der Waals surface area (Å²) >= 11 is 0. The SMILES string of the molecule is CCOc1ccccc1CCCNC(=O)[C@@H](CC)Oc1ccc(N(C)S(C)(=O)=O)cc1. The van der Waals surface area contributed by atoms with Crippen molar-refractivity contribution in [2.75, 3.05) is 30.8 Å². The highest BCUT2D eigenvalue weighted by Gasteiger charge is 2.18. The molecule has 8 heteroatoms. The van der Waals surface area contributed by atoms with E-state index < -0.39 is 16.1 Å². The van der Waals surface area contributed by atoms with Crippen molar-refractivity contribution in [3.63, 3.8) is 0 Å². The van der Waals surface area contributed by atoms with Gasteiger partial charge in [-0.2, -0.15) is 0 Å². The largest absolute Gasteiger partial charge is 0.494 e. The Morgan fingerprint density at radius 3 is 2.39 bits per heavy atom. The molecule has 1 atom stereocenters. The lowest BCUT2D eigenvalue weighted by Gasteiger charge is -2.19. The van der Waals surface area contributed by atoms with Gasteiger partial charge in [0.25, 0.3) is 5.91 Å². The molecule has 0 spiro atoms. The number of hydrogen-bond acceptors (Lipinski definition) is 5. The first kappa shape index (κ1) is 24.5. The number of benzene rings is 2. The first-order valence-electron chi connectivity index (χ1n) is 10.4. The highest BCUT2D eigenvalue weighted by atomic mass is 32.2. The highest BCUT2D eigenvalue weighted by molar-refractivity contribution is 7.92. The van der Waals surface area contributed by atoms with E-state index in [9.17, 15) is 13.2 Å². The summed E-state index contributed by atoms with van der Waals surface area (Å²) in [4.78, 5) is 12.5. The van der Waals surface area contributed by atoms with Gasteiger partial charge in [0.1, 0.15) is 11.5 Å². The van der Waals surface area contributed by atoms with E-state index in [1.807, 2.05) is 38.1 Å². The monoisotopic (exact) mass is 448 g/mol. The average molecular weight is 449 g/mol. The Bertz CT molecular complexity index is 945. The minimum absolute atomic E-state index is 0.169. The fourth-order valence-electron chi connectivity index (χ4n) is 3.02. The average Bonchev–Trinajstić information content (AvgIpc) is 2.75. The van der Waals surface area contributed by atoms with Crippen LogP contribution in [0.3, 0.4) is 0 Å². The van der Waals surface area contributed by atoms with Gasteiger partial charge in [-0.05, 0) is 62.1 Å². The van der Waals surface area contributed by atoms with Gasteiger partial charge in [-0.25, -0.2) is 8.42 Å². The molecule has 0 aliphatic heterocycles. The normalized spacial score (nSPS) is 12.1. The molecule has 31 heavy (non-hydrogen) atoms. The van der Waals surface area contributed by atoms with Gasteiger partial charge in [-0.3, -0.25) is 9.10 Å². The molecule has 0 unspecified atom stereocenters. The predicted octanol–water partition coefficient (Wildman–Crippen LogP) is 3.39. The van der Waals surface area contributed by atoms with Crippen molar-refractivity contribution in [2.24, 2.45) is 0 Å². The number of nitrogens with zero attached hydrogens (tertiary/aromatic N) is 1. The smallest absolute Gasteiger partial charge is 0.261 e. The van der Waals surface area contributed by atoms with Crippen LogP contribution in [0.2, 0.25) is 0 Å². The summed E-state index contributed by atoms with van der Waals surface area (Å²) in [5.74, 6) is 1.23. The number of carbonyl (C=O) groups is 1. The summed E-state index contributed by atoms with van der Waals surface area (Å²) < 4.78 is 35.9. The first-order valence-corrected chi connectivity index (χ1v) is 12.3. The van der Waals surface area contributed by atoms with Gasteiger partial charge in [-0.15, -0.1) is 0 Å². The van der Waals surface area contributed by atoms with Crippen molar-refractivity contribution in [1.29, 1.82) is 0 Å². The van der Waals surface area contributed by atoms with Crippen molar-refractivity contribution < 1.29 is 22.7 Å². The summed E-state index contributed by atoms with van der Waals surface area (Å²) in [6, 6.07) is 14.6. The molecule has 0 fully saturated rings. The van der Waals surface area contributed by atoms with Crippen LogP contribution in [0.25, 0.3) is 0 Å². The van der Waals surface area contributed by atoms with Crippen molar-refractivity contribution in [2.45, 2.75) is 39.2 Å². The van der Waals surface area contributed by atoms with Crippen LogP contribution in [-0.2, 0) is 21.2 Å². The Morgan fingerprint density at radius 1 is 1.10 bits per heavy atom. The maximum Gasteiger partial charge on any atom is 0.261 e. The summed E-state index contributed by atoms with van der Waals surface area (Å²) in [7, 11) is -1.84. The number of carbonyl (C=O) groups excluding carboxylic acids is 1. The topological polar surface area (TPSA) is 84.9 Å². The van der Waals surface area contributed by atoms with Crippen LogP contribution < -0.4 is 19.1 Å². The lowest BCUT2D eigenvalue weighted by atomic mass is 10.1. The molecule has 170 valence electrons. The maximum atomic E-state index is 12.5. The molecule has 0 heterocycles. The first-order chi connectivity index (χ1) is 14.8. The second-order valence-electron chi connectivity index (χ2n) is 7.17. The number of nitrogens with one attached hydrogen (secondary N) is 1. The standard InChI is InChI=1S/C23H32N2O5S/c1-5-21(30-20-15-13-19(14-16-20)25(3)31(4,27)28)23(26)24-17-9-11-18-10-7-8-12-22(18)29-6-2/h7-8,10,12-16,21H,5-6,9,11,17H2,1-4H3,(H,24,26)/t21-/m1/s1. The van der Waals surface area contributed by atoms with E-state index in [1.165, 1.54) is 11.4 Å². The summed E-state index contributed by atoms with van der Waals surface area (Å²) in [5, 5.41) is 2.93. The summed E-state index contributed by atoms with van der Waals surface area (Å²) in [6.07, 6.45) is 2.64. The Labute approximate surface area is 185 Å². The zero-order valence-electron chi connectivity index (χ0n) is 18.6. The quantitative estimate of drug-likeness (QED) is 0.503. The number of amides is 1. The van der Waals surface area contributed by atoms with Gasteiger partial charge in [0, 0.05) is 13.6 Å². The van der Waals surface area contributed by atoms with E-state index in [0.717, 1.165) is 30.4 Å². The zero-order valence-corrected chi connectivity index (χ0v) is 19.4. The molecule has 0 radical (unpaired) electrons. The molecule has 7 nitrogen and oxygen atoms in total. The van der Waals surface area contributed by atoms with Crippen LogP contribution in [0.1, 0.15) is 32.3 Å². The summed E-state index contributed by atoms with van der Waals surface area (Å²) in [5.41, 5.74) is 1.65. The number of ether oxygens (including phenoxy) is 2. The molecule has 0 aromatic heterocycles. The van der Waals surface area contributed by atoms with Crippen LogP contribution in [0.4, 0.5) is 5.69 Å². The Balaban J connectivity index is 1.85. The lowest BCUT2D eigenvalue weighted by Crippen LogP contribution is -2.38. The van der Waals surface area contributed by atoms with Crippen molar-refractivity contribution in [3.05, 3.63) is 54.1 Å². The second kappa shape index (κ2) is 11.6. The van der Waals surface area contributed by atoms with Crippen LogP contribution in [0.5, 0.6) is 11.5 Å². The van der Waals surface area contributed by atoms with Gasteiger partial charge >= 0.3 is 0 Å². The number of para-hydroxylation sites is 1. The van der Waals surface area contributed by atoms with E-state index in [2.05, 4.69) is 5.32 Å². The van der Waals surface area contributed by atoms with E-state index in [-0.39, 0.29) is 5.91 Å². The third kappa shape index (κ3) is 7.47. The van der Waals surface area contributed by atoms with Crippen LogP contribution in [-0.4, -0.2) is 46.9 Å². The van der Waals surface area contributed by atoms with Gasteiger partial charge in [0.05, 0.1) is 18.6 Å². The molecule has 0 saturated carbocycles. The molecule has 0 bridgehead atoms. The third-order valence-corrected chi connectivity index (χ3v) is 6.04. The van der Waals surface area contributed by atoms with E-state index in [1.54, 1.807) is 24.3 Å². The van der Waals surface area contributed by atoms with Gasteiger partial charge in [-0.1, -0.05) is 25.1 Å². The van der Waals surface area contributed by atoms with E-state index >= 15 is 0 Å². The number of hydrogen-bond donors (Lipinski definition) is 1. The van der Waals surface area contributed by atoms with Gasteiger partial charge < -0.3 is 14.8 Å². The van der Waals surface area contributed by atoms with E-state index in [0.29, 0.717) is 31.0 Å². The Kier molecular flexibility index (Phi) is 9.18. The molecule has 2 rings (SSSR count). The molecule has 1 amide bonds. The molecule has 0 aliphatic rings. The molecule has 0 aliphatic carbocycles. The minimum atomic E-state index is -3.33. The molecule has 2 aromatic rings. The maximum absolute atomic E-state index is 12.5. The number of aryl methyl sites for hydroxylation is 1. The predicted molar refractivity (Wildman–Crippen MR) is 123 cm³/mol. The van der Waals surface area contributed by atoms with Crippen LogP contribution in [0, 0.1) is 0 Å². The van der Waals surface area contributed by atoms with Gasteiger partial charge in [0.2, 0.25) is 10.0 Å². The van der Waals surface area contributed by atoms with Crippen LogP contribution >= 0.6 is 0 Å². The number of sulfonamides is 1. The summed E-state index contributed by atoms with van der Waals surface area (Å²) in [6.45, 7) is 5.00. The van der Waals surface area contributed by atoms with Gasteiger partial charge in [0.15, 0.2) is 6.10 Å². The molecule has 1 N–H and O–H groups in total. The van der Waals surface area contributed by atoms with E-state index in [4.69, 9.17) is 9.47 Å². The van der Waals surface area contributed by atoms with Crippen molar-refractivity contribution in [3.8, 4) is 11.5 Å². The number of rotatable bonds is 12. The molecular formula is C23H32N2O5S. The third-order valence-electron chi connectivity index (χ3n) is 4.83. The molecule has 2 aromatic carbocycles. The minimum Gasteiger partial charge on any atom is -0.494 e. The fraction of sp³-hybridized carbons (Fsp3) is 0.435. The zero-order chi connectivity index (χ0) is 22.9. The molecular weight excluding hydrogens is 416 g/mol. The Hall–Kier alpha value is -2.74.